The lowest BCUT2D eigenvalue weighted by molar-refractivity contribution is -0.384. The van der Waals surface area contributed by atoms with E-state index in [0.29, 0.717) is 16.3 Å². The fraction of sp³-hybridized carbons (Fsp3) is 0.105. The number of nitrogens with zero attached hydrogens (tertiary/aromatic N) is 3. The van der Waals surface area contributed by atoms with Crippen LogP contribution in [0.1, 0.15) is 17.5 Å². The summed E-state index contributed by atoms with van der Waals surface area (Å²) in [6, 6.07) is 14.1. The molecule has 7 nitrogen and oxygen atoms in total. The summed E-state index contributed by atoms with van der Waals surface area (Å²) in [5, 5.41) is 17.6. The van der Waals surface area contributed by atoms with Gasteiger partial charge in [-0.2, -0.15) is 5.10 Å². The van der Waals surface area contributed by atoms with Gasteiger partial charge < -0.3 is 0 Å². The highest BCUT2D eigenvalue weighted by molar-refractivity contribution is 7.10. The number of thiazole rings is 1. The van der Waals surface area contributed by atoms with E-state index in [4.69, 9.17) is 11.6 Å². The number of rotatable bonds is 6. The molecule has 0 bridgehead atoms. The van der Waals surface area contributed by atoms with Crippen LogP contribution in [0.25, 0.3) is 11.3 Å². The lowest BCUT2D eigenvalue weighted by atomic mass is 10.1. The quantitative estimate of drug-likeness (QED) is 0.366. The van der Waals surface area contributed by atoms with Crippen molar-refractivity contribution in [1.29, 1.82) is 0 Å². The van der Waals surface area contributed by atoms with Crippen molar-refractivity contribution in [2.75, 3.05) is 0 Å². The third-order valence-electron chi connectivity index (χ3n) is 3.84. The number of nitro benzene ring substituents is 1. The van der Waals surface area contributed by atoms with Crippen molar-refractivity contribution in [3.63, 3.8) is 0 Å². The lowest BCUT2D eigenvalue weighted by Gasteiger charge is -2.03. The molecule has 0 radical (unpaired) electrons. The van der Waals surface area contributed by atoms with Crippen molar-refractivity contribution in [2.45, 2.75) is 13.3 Å². The van der Waals surface area contributed by atoms with Crippen molar-refractivity contribution < 1.29 is 9.72 Å². The van der Waals surface area contributed by atoms with Gasteiger partial charge in [0, 0.05) is 22.6 Å². The number of hydrazone groups is 1. The van der Waals surface area contributed by atoms with Crippen LogP contribution in [0, 0.1) is 10.1 Å². The fourth-order valence-corrected chi connectivity index (χ4v) is 3.39. The van der Waals surface area contributed by atoms with Gasteiger partial charge in [-0.15, -0.1) is 11.3 Å². The Morgan fingerprint density at radius 3 is 2.75 bits per heavy atom. The number of amides is 1. The summed E-state index contributed by atoms with van der Waals surface area (Å²) in [7, 11) is 0. The topological polar surface area (TPSA) is 97.5 Å². The zero-order valence-electron chi connectivity index (χ0n) is 14.8. The van der Waals surface area contributed by atoms with Gasteiger partial charge in [0.05, 0.1) is 22.7 Å². The Morgan fingerprint density at radius 2 is 2.04 bits per heavy atom. The first-order chi connectivity index (χ1) is 13.4. The van der Waals surface area contributed by atoms with Gasteiger partial charge >= 0.3 is 0 Å². The summed E-state index contributed by atoms with van der Waals surface area (Å²) in [5.74, 6) is -0.322. The Labute approximate surface area is 169 Å². The van der Waals surface area contributed by atoms with E-state index in [1.165, 1.54) is 23.5 Å². The van der Waals surface area contributed by atoms with Gasteiger partial charge in [0.2, 0.25) is 5.91 Å². The third-order valence-corrected chi connectivity index (χ3v) is 5.01. The maximum atomic E-state index is 12.1. The second-order valence-corrected chi connectivity index (χ2v) is 7.17. The summed E-state index contributed by atoms with van der Waals surface area (Å²) in [6.07, 6.45) is 0.0923. The van der Waals surface area contributed by atoms with E-state index in [1.807, 2.05) is 35.7 Å². The first-order valence-corrected chi connectivity index (χ1v) is 9.47. The van der Waals surface area contributed by atoms with Crippen LogP contribution in [0.3, 0.4) is 0 Å². The molecule has 0 saturated heterocycles. The molecular weight excluding hydrogens is 400 g/mol. The van der Waals surface area contributed by atoms with E-state index >= 15 is 0 Å². The zero-order valence-corrected chi connectivity index (χ0v) is 16.3. The van der Waals surface area contributed by atoms with E-state index in [2.05, 4.69) is 15.5 Å². The minimum atomic E-state index is -0.565. The summed E-state index contributed by atoms with van der Waals surface area (Å²) < 4.78 is 0. The van der Waals surface area contributed by atoms with Crippen LogP contribution in [0.15, 0.2) is 59.0 Å². The molecule has 0 aliphatic rings. The molecule has 9 heteroatoms. The van der Waals surface area contributed by atoms with Crippen molar-refractivity contribution in [3.8, 4) is 11.3 Å². The largest absolute Gasteiger partial charge is 0.288 e. The van der Waals surface area contributed by atoms with Crippen LogP contribution in [0.2, 0.25) is 5.02 Å². The molecule has 0 saturated carbocycles. The molecule has 2 aromatic carbocycles. The van der Waals surface area contributed by atoms with Crippen molar-refractivity contribution in [3.05, 3.63) is 79.6 Å². The Bertz CT molecular complexity index is 1050. The molecule has 0 atom stereocenters. The molecule has 3 aromatic rings. The van der Waals surface area contributed by atoms with Gasteiger partial charge in [0.25, 0.3) is 5.69 Å². The van der Waals surface area contributed by atoms with E-state index < -0.39 is 4.92 Å². The van der Waals surface area contributed by atoms with E-state index in [1.54, 1.807) is 13.0 Å². The molecule has 1 N–H and O–H groups in total. The van der Waals surface area contributed by atoms with Gasteiger partial charge in [-0.3, -0.25) is 14.9 Å². The zero-order chi connectivity index (χ0) is 20.1. The van der Waals surface area contributed by atoms with Crippen LogP contribution in [-0.4, -0.2) is 21.5 Å². The maximum absolute atomic E-state index is 12.1. The van der Waals surface area contributed by atoms with E-state index in [-0.39, 0.29) is 23.0 Å². The molecule has 0 aliphatic carbocycles. The Morgan fingerprint density at radius 1 is 1.29 bits per heavy atom. The number of benzene rings is 2. The minimum Gasteiger partial charge on any atom is -0.273 e. The second kappa shape index (κ2) is 8.73. The molecule has 3 rings (SSSR count). The number of carbonyl (C=O) groups is 1. The SMILES string of the molecule is C/C(=N/NC(=O)Cc1nc(-c2ccccc2)cs1)c1ccc(Cl)c([N+](=O)[O-])c1. The minimum absolute atomic E-state index is 0.0450. The lowest BCUT2D eigenvalue weighted by Crippen LogP contribution is -2.21. The number of hydrogen-bond acceptors (Lipinski definition) is 6. The Balaban J connectivity index is 1.65. The van der Waals surface area contributed by atoms with Crippen molar-refractivity contribution >= 4 is 40.2 Å². The smallest absolute Gasteiger partial charge is 0.273 e. The van der Waals surface area contributed by atoms with Gasteiger partial charge in [-0.25, -0.2) is 10.4 Å². The molecule has 1 aromatic heterocycles. The average molecular weight is 415 g/mol. The van der Waals surface area contributed by atoms with Gasteiger partial charge in [-0.1, -0.05) is 48.0 Å². The van der Waals surface area contributed by atoms with E-state index in [9.17, 15) is 14.9 Å². The highest BCUT2D eigenvalue weighted by Gasteiger charge is 2.14. The predicted octanol–water partition coefficient (Wildman–Crippen LogP) is 4.45. The molecule has 1 heterocycles. The molecular formula is C19H15ClN4O3S. The summed E-state index contributed by atoms with van der Waals surface area (Å²) in [6.45, 7) is 1.64. The summed E-state index contributed by atoms with van der Waals surface area (Å²) in [5.41, 5.74) is 4.98. The van der Waals surface area contributed by atoms with Crippen LogP contribution in [0.5, 0.6) is 0 Å². The van der Waals surface area contributed by atoms with Crippen LogP contribution in [0.4, 0.5) is 5.69 Å². The predicted molar refractivity (Wildman–Crippen MR) is 110 cm³/mol. The highest BCUT2D eigenvalue weighted by Crippen LogP contribution is 2.25. The number of carbonyl (C=O) groups excluding carboxylic acids is 1. The van der Waals surface area contributed by atoms with Gasteiger partial charge in [-0.05, 0) is 13.0 Å². The van der Waals surface area contributed by atoms with Crippen LogP contribution >= 0.6 is 22.9 Å². The van der Waals surface area contributed by atoms with Gasteiger partial charge in [0.1, 0.15) is 10.0 Å². The molecule has 28 heavy (non-hydrogen) atoms. The van der Waals surface area contributed by atoms with Crippen LogP contribution < -0.4 is 5.43 Å². The Hall–Kier alpha value is -3.10. The normalized spacial score (nSPS) is 11.3. The van der Waals surface area contributed by atoms with E-state index in [0.717, 1.165) is 11.3 Å². The second-order valence-electron chi connectivity index (χ2n) is 5.82. The number of hydrogen-bond donors (Lipinski definition) is 1. The molecule has 142 valence electrons. The van der Waals surface area contributed by atoms with Crippen molar-refractivity contribution in [2.24, 2.45) is 5.10 Å². The fourth-order valence-electron chi connectivity index (χ4n) is 2.40. The summed E-state index contributed by atoms with van der Waals surface area (Å²) >= 11 is 7.20. The molecule has 0 spiro atoms. The molecule has 0 unspecified atom stereocenters. The number of aromatic nitrogens is 1. The number of nitro groups is 1. The highest BCUT2D eigenvalue weighted by atomic mass is 35.5. The number of nitrogens with one attached hydrogen (secondary N) is 1. The molecule has 0 fully saturated rings. The standard InChI is InChI=1S/C19H15ClN4O3S/c1-12(14-7-8-15(20)17(9-14)24(26)27)22-23-18(25)10-19-21-16(11-28-19)13-5-3-2-4-6-13/h2-9,11H,10H2,1H3,(H,23,25)/b22-12-. The Kier molecular flexibility index (Phi) is 6.13. The first-order valence-electron chi connectivity index (χ1n) is 8.21. The monoisotopic (exact) mass is 414 g/mol. The van der Waals surface area contributed by atoms with Crippen molar-refractivity contribution in [1.82, 2.24) is 10.4 Å². The number of halogens is 1. The van der Waals surface area contributed by atoms with Gasteiger partial charge in [0.15, 0.2) is 0 Å². The average Bonchev–Trinajstić information content (AvgIpc) is 3.15. The van der Waals surface area contributed by atoms with Crippen LogP contribution in [-0.2, 0) is 11.2 Å². The maximum Gasteiger partial charge on any atom is 0.288 e. The molecule has 0 aliphatic heterocycles. The summed E-state index contributed by atoms with van der Waals surface area (Å²) in [4.78, 5) is 27.0. The third kappa shape index (κ3) is 4.79. The first kappa shape index (κ1) is 19.7. The molecule has 1 amide bonds.